The number of benzene rings is 2. The van der Waals surface area contributed by atoms with E-state index in [9.17, 15) is 14.7 Å². The quantitative estimate of drug-likeness (QED) is 0.397. The minimum Gasteiger partial charge on any atom is -0.507 e. The van der Waals surface area contributed by atoms with E-state index in [4.69, 9.17) is 9.47 Å². The van der Waals surface area contributed by atoms with Crippen LogP contribution in [0.3, 0.4) is 0 Å². The first-order chi connectivity index (χ1) is 16.0. The number of ketones is 1. The molecule has 2 heterocycles. The molecule has 0 bridgehead atoms. The molecule has 1 amide bonds. The zero-order valence-electron chi connectivity index (χ0n) is 19.1. The molecule has 7 nitrogen and oxygen atoms in total. The fraction of sp³-hybridized carbons (Fsp3) is 0.385. The van der Waals surface area contributed by atoms with Crippen molar-refractivity contribution < 1.29 is 24.2 Å². The Bertz CT molecular complexity index is 1020. The normalized spacial score (nSPS) is 20.9. The lowest BCUT2D eigenvalue weighted by molar-refractivity contribution is -0.140. The van der Waals surface area contributed by atoms with Gasteiger partial charge in [0.2, 0.25) is 0 Å². The molecule has 2 aliphatic rings. The third-order valence-electron chi connectivity index (χ3n) is 6.13. The van der Waals surface area contributed by atoms with Crippen LogP contribution in [0, 0.1) is 6.92 Å². The van der Waals surface area contributed by atoms with Gasteiger partial charge in [-0.1, -0.05) is 42.0 Å². The van der Waals surface area contributed by atoms with E-state index in [1.54, 1.807) is 17.0 Å². The zero-order valence-corrected chi connectivity index (χ0v) is 19.1. The number of ether oxygens (including phenoxy) is 2. The molecule has 0 aliphatic carbocycles. The second kappa shape index (κ2) is 10.2. The molecule has 2 aromatic rings. The molecule has 0 unspecified atom stereocenters. The highest BCUT2D eigenvalue weighted by Crippen LogP contribution is 2.39. The van der Waals surface area contributed by atoms with E-state index in [-0.39, 0.29) is 11.3 Å². The topological polar surface area (TPSA) is 79.3 Å². The molecule has 2 aliphatic heterocycles. The Labute approximate surface area is 194 Å². The SMILES string of the molecule is CCOc1ccc([C@H]2C(=C(O)c3ccc(C)cc3)C(=O)C(=O)N2CCN2CCOCC2)cc1. The van der Waals surface area contributed by atoms with Crippen LogP contribution in [-0.4, -0.2) is 72.6 Å². The number of hydrogen-bond acceptors (Lipinski definition) is 6. The van der Waals surface area contributed by atoms with Crippen LogP contribution in [0.2, 0.25) is 0 Å². The van der Waals surface area contributed by atoms with E-state index >= 15 is 0 Å². The van der Waals surface area contributed by atoms with Crippen molar-refractivity contribution in [3.05, 3.63) is 70.8 Å². The summed E-state index contributed by atoms with van der Waals surface area (Å²) in [4.78, 5) is 30.0. The minimum absolute atomic E-state index is 0.120. The maximum Gasteiger partial charge on any atom is 0.295 e. The van der Waals surface area contributed by atoms with Crippen molar-refractivity contribution in [2.75, 3.05) is 46.0 Å². The monoisotopic (exact) mass is 450 g/mol. The number of amides is 1. The number of morpholine rings is 1. The number of hydrogen-bond donors (Lipinski definition) is 1. The van der Waals surface area contributed by atoms with Gasteiger partial charge in [-0.25, -0.2) is 0 Å². The molecule has 1 N–H and O–H groups in total. The molecular weight excluding hydrogens is 420 g/mol. The molecule has 1 atom stereocenters. The number of likely N-dealkylation sites (tertiary alicyclic amines) is 1. The van der Waals surface area contributed by atoms with Gasteiger partial charge in [0, 0.05) is 31.7 Å². The second-order valence-electron chi connectivity index (χ2n) is 8.31. The minimum atomic E-state index is -0.664. The predicted octanol–water partition coefficient (Wildman–Crippen LogP) is 3.15. The lowest BCUT2D eigenvalue weighted by atomic mass is 9.95. The summed E-state index contributed by atoms with van der Waals surface area (Å²) in [5.41, 5.74) is 2.44. The van der Waals surface area contributed by atoms with Crippen LogP contribution in [0.25, 0.3) is 5.76 Å². The first-order valence-corrected chi connectivity index (χ1v) is 11.4. The van der Waals surface area contributed by atoms with Crippen LogP contribution < -0.4 is 4.74 Å². The Morgan fingerprint density at radius 2 is 1.70 bits per heavy atom. The fourth-order valence-electron chi connectivity index (χ4n) is 4.31. The van der Waals surface area contributed by atoms with Gasteiger partial charge in [-0.2, -0.15) is 0 Å². The second-order valence-corrected chi connectivity index (χ2v) is 8.31. The van der Waals surface area contributed by atoms with Crippen LogP contribution in [0.4, 0.5) is 0 Å². The highest BCUT2D eigenvalue weighted by Gasteiger charge is 2.46. The van der Waals surface area contributed by atoms with Gasteiger partial charge in [-0.3, -0.25) is 14.5 Å². The third-order valence-corrected chi connectivity index (χ3v) is 6.13. The van der Waals surface area contributed by atoms with Gasteiger partial charge < -0.3 is 19.5 Å². The van der Waals surface area contributed by atoms with Crippen molar-refractivity contribution in [3.8, 4) is 5.75 Å². The number of aliphatic hydroxyl groups excluding tert-OH is 1. The van der Waals surface area contributed by atoms with E-state index in [1.165, 1.54) is 0 Å². The van der Waals surface area contributed by atoms with Crippen LogP contribution in [0.1, 0.15) is 29.7 Å². The average Bonchev–Trinajstić information content (AvgIpc) is 3.09. The summed E-state index contributed by atoms with van der Waals surface area (Å²) >= 11 is 0. The summed E-state index contributed by atoms with van der Waals surface area (Å²) in [5.74, 6) is -0.684. The molecule has 0 aromatic heterocycles. The van der Waals surface area contributed by atoms with Crippen LogP contribution >= 0.6 is 0 Å². The van der Waals surface area contributed by atoms with Crippen molar-refractivity contribution in [2.45, 2.75) is 19.9 Å². The molecule has 2 saturated heterocycles. The van der Waals surface area contributed by atoms with Gasteiger partial charge in [0.25, 0.3) is 11.7 Å². The number of aryl methyl sites for hydroxylation is 1. The molecule has 0 saturated carbocycles. The van der Waals surface area contributed by atoms with Gasteiger partial charge in [0.15, 0.2) is 0 Å². The maximum absolute atomic E-state index is 13.1. The van der Waals surface area contributed by atoms with E-state index in [0.29, 0.717) is 44.2 Å². The predicted molar refractivity (Wildman–Crippen MR) is 125 cm³/mol. The van der Waals surface area contributed by atoms with Gasteiger partial charge in [0.05, 0.1) is 31.4 Å². The van der Waals surface area contributed by atoms with Crippen LogP contribution in [0.15, 0.2) is 54.1 Å². The zero-order chi connectivity index (χ0) is 23.4. The molecule has 4 rings (SSSR count). The molecule has 2 fully saturated rings. The number of carbonyl (C=O) groups is 2. The van der Waals surface area contributed by atoms with Crippen molar-refractivity contribution in [1.29, 1.82) is 0 Å². The van der Waals surface area contributed by atoms with Crippen molar-refractivity contribution >= 4 is 17.4 Å². The Kier molecular flexibility index (Phi) is 7.11. The van der Waals surface area contributed by atoms with E-state index in [1.807, 2.05) is 50.2 Å². The highest BCUT2D eigenvalue weighted by atomic mass is 16.5. The number of Topliss-reactive ketones (excluding diaryl/α,β-unsaturated/α-hetero) is 1. The number of carbonyl (C=O) groups excluding carboxylic acids is 2. The lowest BCUT2D eigenvalue weighted by Crippen LogP contribution is -2.42. The third kappa shape index (κ3) is 4.94. The molecular formula is C26H30N2O5. The van der Waals surface area contributed by atoms with Gasteiger partial charge >= 0.3 is 0 Å². The van der Waals surface area contributed by atoms with Crippen molar-refractivity contribution in [3.63, 3.8) is 0 Å². The molecule has 0 spiro atoms. The number of rotatable bonds is 7. The largest absolute Gasteiger partial charge is 0.507 e. The molecule has 33 heavy (non-hydrogen) atoms. The van der Waals surface area contributed by atoms with Crippen molar-refractivity contribution in [1.82, 2.24) is 9.80 Å². The molecule has 0 radical (unpaired) electrons. The lowest BCUT2D eigenvalue weighted by Gasteiger charge is -2.31. The molecule has 2 aromatic carbocycles. The Balaban J connectivity index is 1.71. The Hall–Kier alpha value is -3.16. The molecule has 174 valence electrons. The van der Waals surface area contributed by atoms with Crippen LogP contribution in [0.5, 0.6) is 5.75 Å². The standard InChI is InChI=1S/C26H30N2O5/c1-3-33-21-10-8-19(9-11-21)23-22(24(29)20-6-4-18(2)5-7-20)25(30)26(31)28(23)13-12-27-14-16-32-17-15-27/h4-11,23,29H,3,12-17H2,1-2H3/t23-/m0/s1. The van der Waals surface area contributed by atoms with E-state index in [2.05, 4.69) is 4.90 Å². The van der Waals surface area contributed by atoms with Gasteiger partial charge in [-0.15, -0.1) is 0 Å². The number of aliphatic hydroxyl groups is 1. The summed E-state index contributed by atoms with van der Waals surface area (Å²) in [5, 5.41) is 11.1. The maximum atomic E-state index is 13.1. The summed E-state index contributed by atoms with van der Waals surface area (Å²) < 4.78 is 11.0. The summed E-state index contributed by atoms with van der Waals surface area (Å²) in [6.45, 7) is 8.34. The van der Waals surface area contributed by atoms with Crippen molar-refractivity contribution in [2.24, 2.45) is 0 Å². The number of nitrogens with zero attached hydrogens (tertiary/aromatic N) is 2. The summed E-state index contributed by atoms with van der Waals surface area (Å²) in [7, 11) is 0. The van der Waals surface area contributed by atoms with Crippen LogP contribution in [-0.2, 0) is 14.3 Å². The Morgan fingerprint density at radius 3 is 2.33 bits per heavy atom. The first-order valence-electron chi connectivity index (χ1n) is 11.4. The van der Waals surface area contributed by atoms with E-state index in [0.717, 1.165) is 24.2 Å². The van der Waals surface area contributed by atoms with Gasteiger partial charge in [-0.05, 0) is 31.5 Å². The Morgan fingerprint density at radius 1 is 1.03 bits per heavy atom. The fourth-order valence-corrected chi connectivity index (χ4v) is 4.31. The molecule has 7 heteroatoms. The highest BCUT2D eigenvalue weighted by molar-refractivity contribution is 6.46. The summed E-state index contributed by atoms with van der Waals surface area (Å²) in [6, 6.07) is 14.0. The van der Waals surface area contributed by atoms with E-state index < -0.39 is 17.7 Å². The summed E-state index contributed by atoms with van der Waals surface area (Å²) in [6.07, 6.45) is 0. The average molecular weight is 451 g/mol. The first kappa shape index (κ1) is 23.0. The smallest absolute Gasteiger partial charge is 0.295 e. The van der Waals surface area contributed by atoms with Gasteiger partial charge in [0.1, 0.15) is 11.5 Å².